The molecular weight excluding hydrogens is 178 g/mol. The highest BCUT2D eigenvalue weighted by molar-refractivity contribution is 5.13. The number of hydrogen-bond donors (Lipinski definition) is 1. The molecule has 0 aliphatic rings. The highest BCUT2D eigenvalue weighted by atomic mass is 16.5. The number of rotatable bonds is 2. The maximum atomic E-state index is 11.4. The van der Waals surface area contributed by atoms with Gasteiger partial charge in [-0.3, -0.25) is 0 Å². The van der Waals surface area contributed by atoms with Crippen LogP contribution in [0.3, 0.4) is 0 Å². The Morgan fingerprint density at radius 1 is 1.57 bits per heavy atom. The number of aryl methyl sites for hydroxylation is 1. The molecule has 0 aliphatic heterocycles. The maximum Gasteiger partial charge on any atom is 0.305 e. The predicted molar refractivity (Wildman–Crippen MR) is 51.5 cm³/mol. The van der Waals surface area contributed by atoms with Crippen LogP contribution in [-0.4, -0.2) is 9.97 Å². The van der Waals surface area contributed by atoms with Crippen molar-refractivity contribution in [3.05, 3.63) is 53.0 Å². The molecule has 2 rings (SSSR count). The highest BCUT2D eigenvalue weighted by Gasteiger charge is 2.08. The molecule has 72 valence electrons. The van der Waals surface area contributed by atoms with Crippen LogP contribution in [-0.2, 0) is 6.42 Å². The van der Waals surface area contributed by atoms with Gasteiger partial charge < -0.3 is 10.2 Å². The van der Waals surface area contributed by atoms with Crippen molar-refractivity contribution in [3.63, 3.8) is 0 Å². The van der Waals surface area contributed by atoms with Crippen molar-refractivity contribution in [2.24, 2.45) is 0 Å². The van der Waals surface area contributed by atoms with Gasteiger partial charge in [-0.05, 0) is 18.6 Å². The number of nitrogens with zero attached hydrogens (tertiary/aromatic N) is 2. The average molecular weight is 189 g/mol. The Hall–Kier alpha value is -1.84. The van der Waals surface area contributed by atoms with E-state index in [-0.39, 0.29) is 0 Å². The van der Waals surface area contributed by atoms with Gasteiger partial charge in [0, 0.05) is 18.0 Å². The Balaban J connectivity index is 2.25. The molecule has 4 heteroatoms. The molecule has 0 radical (unpaired) electrons. The molecule has 2 heterocycles. The number of aromatic nitrogens is 3. The Kier molecular flexibility index (Phi) is 2.18. The first-order valence-corrected chi connectivity index (χ1v) is 4.42. The summed E-state index contributed by atoms with van der Waals surface area (Å²) in [5.74, 6) is 0.523. The van der Waals surface area contributed by atoms with Crippen molar-refractivity contribution in [1.29, 1.82) is 0 Å². The fourth-order valence-corrected chi connectivity index (χ4v) is 1.30. The Labute approximate surface area is 81.8 Å². The van der Waals surface area contributed by atoms with E-state index in [0.717, 1.165) is 15.9 Å². The van der Waals surface area contributed by atoms with Crippen molar-refractivity contribution >= 4 is 0 Å². The Morgan fingerprint density at radius 2 is 2.43 bits per heavy atom. The molecular formula is C10H11N3O. The lowest BCUT2D eigenvalue weighted by Crippen LogP contribution is -2.33. The number of H-pyrrole nitrogens is 1. The molecule has 0 fully saturated rings. The zero-order valence-electron chi connectivity index (χ0n) is 7.90. The number of nitrogens with one attached hydrogen (secondary N) is 1. The van der Waals surface area contributed by atoms with Crippen LogP contribution in [0.1, 0.15) is 17.0 Å². The van der Waals surface area contributed by atoms with Crippen molar-refractivity contribution in [3.8, 4) is 0 Å². The molecule has 0 aromatic carbocycles. The standard InChI is InChI=1S/C10H11N3O/c1-8-5-12-10(13(14)7-8)4-9-2-3-11-6-9/h2-3,5-7,11H,4H2,1H3. The summed E-state index contributed by atoms with van der Waals surface area (Å²) < 4.78 is 0.822. The lowest BCUT2D eigenvalue weighted by atomic mass is 10.2. The third kappa shape index (κ3) is 1.74. The van der Waals surface area contributed by atoms with E-state index in [1.807, 2.05) is 25.4 Å². The van der Waals surface area contributed by atoms with Gasteiger partial charge in [0.2, 0.25) is 0 Å². The van der Waals surface area contributed by atoms with Crippen LogP contribution in [0.4, 0.5) is 0 Å². The first-order chi connectivity index (χ1) is 6.75. The molecule has 14 heavy (non-hydrogen) atoms. The van der Waals surface area contributed by atoms with Crippen LogP contribution in [0.2, 0.25) is 0 Å². The van der Waals surface area contributed by atoms with E-state index >= 15 is 0 Å². The van der Waals surface area contributed by atoms with E-state index in [9.17, 15) is 5.21 Å². The van der Waals surface area contributed by atoms with E-state index in [1.54, 1.807) is 6.20 Å². The fraction of sp³-hybridized carbons (Fsp3) is 0.200. The fourth-order valence-electron chi connectivity index (χ4n) is 1.30. The second-order valence-electron chi connectivity index (χ2n) is 3.27. The van der Waals surface area contributed by atoms with Gasteiger partial charge >= 0.3 is 5.82 Å². The second-order valence-corrected chi connectivity index (χ2v) is 3.27. The van der Waals surface area contributed by atoms with Gasteiger partial charge in [-0.1, -0.05) is 4.98 Å². The molecule has 0 saturated heterocycles. The Bertz CT molecular complexity index is 423. The van der Waals surface area contributed by atoms with Gasteiger partial charge in [0.05, 0.1) is 6.42 Å². The summed E-state index contributed by atoms with van der Waals surface area (Å²) in [6, 6.07) is 1.93. The third-order valence-electron chi connectivity index (χ3n) is 2.02. The lowest BCUT2D eigenvalue weighted by Gasteiger charge is -2.04. The highest BCUT2D eigenvalue weighted by Crippen LogP contribution is 2.02. The summed E-state index contributed by atoms with van der Waals surface area (Å²) >= 11 is 0. The largest absolute Gasteiger partial charge is 0.711 e. The third-order valence-corrected chi connectivity index (χ3v) is 2.02. The summed E-state index contributed by atoms with van der Waals surface area (Å²) in [5, 5.41) is 11.4. The van der Waals surface area contributed by atoms with Crippen molar-refractivity contribution in [2.75, 3.05) is 0 Å². The SMILES string of the molecule is Cc1cnc(Cc2cc[nH]c2)[n+]([O-])c1. The molecule has 0 unspecified atom stereocenters. The van der Waals surface area contributed by atoms with Crippen LogP contribution in [0.15, 0.2) is 30.9 Å². The van der Waals surface area contributed by atoms with E-state index in [1.165, 1.54) is 6.20 Å². The first kappa shape index (κ1) is 8.74. The van der Waals surface area contributed by atoms with E-state index in [4.69, 9.17) is 0 Å². The molecule has 0 bridgehead atoms. The smallest absolute Gasteiger partial charge is 0.305 e. The van der Waals surface area contributed by atoms with Gasteiger partial charge in [0.25, 0.3) is 0 Å². The lowest BCUT2D eigenvalue weighted by molar-refractivity contribution is -0.617. The summed E-state index contributed by atoms with van der Waals surface area (Å²) in [4.78, 5) is 7.03. The van der Waals surface area contributed by atoms with Crippen LogP contribution < -0.4 is 4.73 Å². The van der Waals surface area contributed by atoms with Gasteiger partial charge in [0.15, 0.2) is 0 Å². The summed E-state index contributed by atoms with van der Waals surface area (Å²) in [6.07, 6.45) is 7.50. The minimum atomic E-state index is 0.523. The molecule has 4 nitrogen and oxygen atoms in total. The number of aromatic amines is 1. The predicted octanol–water partition coefficient (Wildman–Crippen LogP) is 0.942. The quantitative estimate of drug-likeness (QED) is 0.564. The first-order valence-electron chi connectivity index (χ1n) is 4.42. The van der Waals surface area contributed by atoms with Crippen molar-refractivity contribution in [1.82, 2.24) is 9.97 Å². The second kappa shape index (κ2) is 3.49. The Morgan fingerprint density at radius 3 is 3.07 bits per heavy atom. The van der Waals surface area contributed by atoms with Crippen molar-refractivity contribution in [2.45, 2.75) is 13.3 Å². The molecule has 2 aromatic heterocycles. The molecule has 0 atom stereocenters. The molecule has 0 aliphatic carbocycles. The molecule has 0 saturated carbocycles. The van der Waals surface area contributed by atoms with Gasteiger partial charge in [-0.2, -0.15) is 0 Å². The van der Waals surface area contributed by atoms with Gasteiger partial charge in [0.1, 0.15) is 12.4 Å². The monoisotopic (exact) mass is 189 g/mol. The summed E-state index contributed by atoms with van der Waals surface area (Å²) in [7, 11) is 0. The van der Waals surface area contributed by atoms with E-state index < -0.39 is 0 Å². The number of hydrogen-bond acceptors (Lipinski definition) is 2. The topological polar surface area (TPSA) is 55.6 Å². The van der Waals surface area contributed by atoms with E-state index in [2.05, 4.69) is 9.97 Å². The van der Waals surface area contributed by atoms with Crippen LogP contribution >= 0.6 is 0 Å². The normalized spacial score (nSPS) is 10.4. The van der Waals surface area contributed by atoms with Gasteiger partial charge in [-0.25, -0.2) is 4.73 Å². The van der Waals surface area contributed by atoms with E-state index in [0.29, 0.717) is 12.2 Å². The maximum absolute atomic E-state index is 11.4. The molecule has 2 aromatic rings. The molecule has 1 N–H and O–H groups in total. The van der Waals surface area contributed by atoms with Gasteiger partial charge in [-0.15, -0.1) is 0 Å². The van der Waals surface area contributed by atoms with Crippen LogP contribution in [0.5, 0.6) is 0 Å². The zero-order valence-corrected chi connectivity index (χ0v) is 7.90. The molecule has 0 amide bonds. The van der Waals surface area contributed by atoms with Crippen molar-refractivity contribution < 1.29 is 4.73 Å². The minimum absolute atomic E-state index is 0.523. The summed E-state index contributed by atoms with van der Waals surface area (Å²) in [5.41, 5.74) is 1.93. The summed E-state index contributed by atoms with van der Waals surface area (Å²) in [6.45, 7) is 1.85. The average Bonchev–Trinajstić information content (AvgIpc) is 2.62. The van der Waals surface area contributed by atoms with Crippen LogP contribution in [0, 0.1) is 12.1 Å². The van der Waals surface area contributed by atoms with Crippen LogP contribution in [0.25, 0.3) is 0 Å². The minimum Gasteiger partial charge on any atom is -0.711 e. The zero-order chi connectivity index (χ0) is 9.97. The molecule has 0 spiro atoms.